The molecule has 36 heavy (non-hydrogen) atoms. The number of aromatic nitrogens is 4. The van der Waals surface area contributed by atoms with Gasteiger partial charge in [0, 0.05) is 29.5 Å². The molecule has 0 atom stereocenters. The Balaban J connectivity index is 1.76. The Kier molecular flexibility index (Phi) is 6.77. The summed E-state index contributed by atoms with van der Waals surface area (Å²) in [5.41, 5.74) is 1.30. The molecule has 0 aliphatic heterocycles. The third-order valence-corrected chi connectivity index (χ3v) is 5.37. The maximum Gasteiger partial charge on any atom is 0.416 e. The van der Waals surface area contributed by atoms with Crippen LogP contribution in [-0.2, 0) is 6.18 Å². The molecular weight excluding hydrogens is 477 g/mol. The number of benzene rings is 2. The predicted molar refractivity (Wildman–Crippen MR) is 130 cm³/mol. The highest BCUT2D eigenvalue weighted by Gasteiger charge is 2.30. The van der Waals surface area contributed by atoms with Gasteiger partial charge in [0.2, 0.25) is 11.7 Å². The molecule has 0 radical (unpaired) electrons. The molecule has 2 N–H and O–H groups in total. The molecule has 0 amide bonds. The van der Waals surface area contributed by atoms with Crippen LogP contribution in [0, 0.1) is 0 Å². The lowest BCUT2D eigenvalue weighted by atomic mass is 10.2. The molecule has 0 bridgehead atoms. The van der Waals surface area contributed by atoms with Crippen molar-refractivity contribution in [3.05, 3.63) is 48.3 Å². The summed E-state index contributed by atoms with van der Waals surface area (Å²) >= 11 is 0. The van der Waals surface area contributed by atoms with Crippen molar-refractivity contribution in [1.82, 2.24) is 19.5 Å². The lowest BCUT2D eigenvalue weighted by Gasteiger charge is -2.16. The minimum Gasteiger partial charge on any atom is -0.493 e. The Morgan fingerprint density at radius 2 is 1.50 bits per heavy atom. The Hall–Kier alpha value is -4.22. The molecule has 0 aliphatic rings. The second-order valence-corrected chi connectivity index (χ2v) is 8.05. The van der Waals surface area contributed by atoms with Crippen LogP contribution in [0.1, 0.15) is 25.5 Å². The maximum absolute atomic E-state index is 12.9. The van der Waals surface area contributed by atoms with Crippen molar-refractivity contribution in [3.8, 4) is 17.2 Å². The van der Waals surface area contributed by atoms with E-state index in [4.69, 9.17) is 14.2 Å². The van der Waals surface area contributed by atoms with Gasteiger partial charge in [-0.25, -0.2) is 4.98 Å². The van der Waals surface area contributed by atoms with Gasteiger partial charge in [0.1, 0.15) is 0 Å². The maximum atomic E-state index is 12.9. The van der Waals surface area contributed by atoms with Gasteiger partial charge in [-0.15, -0.1) is 0 Å². The van der Waals surface area contributed by atoms with E-state index < -0.39 is 11.7 Å². The van der Waals surface area contributed by atoms with Crippen LogP contribution in [0.15, 0.2) is 42.7 Å². The summed E-state index contributed by atoms with van der Waals surface area (Å²) in [5.74, 6) is 1.88. The highest BCUT2D eigenvalue weighted by atomic mass is 19.4. The summed E-state index contributed by atoms with van der Waals surface area (Å²) in [6, 6.07) is 8.13. The first-order valence-corrected chi connectivity index (χ1v) is 10.9. The van der Waals surface area contributed by atoms with Crippen molar-refractivity contribution < 1.29 is 27.4 Å². The molecule has 0 aliphatic carbocycles. The Morgan fingerprint density at radius 3 is 2.03 bits per heavy atom. The van der Waals surface area contributed by atoms with Gasteiger partial charge in [0.15, 0.2) is 28.5 Å². The van der Waals surface area contributed by atoms with Crippen LogP contribution in [0.3, 0.4) is 0 Å². The molecule has 9 nitrogen and oxygen atoms in total. The van der Waals surface area contributed by atoms with Crippen LogP contribution < -0.4 is 24.8 Å². The largest absolute Gasteiger partial charge is 0.493 e. The normalized spacial score (nSPS) is 11.6. The van der Waals surface area contributed by atoms with Crippen molar-refractivity contribution in [2.45, 2.75) is 26.1 Å². The standard InChI is InChI=1S/C24H25F3N6O3/c1-13(2)33-12-28-19-21(29-16-10-17(34-3)20(36-5)18(11-16)35-4)31-23(32-22(19)33)30-15-8-6-14(7-9-15)24(25,26)27/h6-13H,1-5H3,(H2,29,30,31,32). The molecule has 0 spiro atoms. The number of nitrogens with zero attached hydrogens (tertiary/aromatic N) is 4. The lowest BCUT2D eigenvalue weighted by Crippen LogP contribution is -2.07. The number of nitrogens with one attached hydrogen (secondary N) is 2. The molecule has 2 heterocycles. The van der Waals surface area contributed by atoms with Gasteiger partial charge in [-0.2, -0.15) is 23.1 Å². The smallest absolute Gasteiger partial charge is 0.416 e. The molecule has 0 saturated carbocycles. The monoisotopic (exact) mass is 502 g/mol. The minimum absolute atomic E-state index is 0.0536. The van der Waals surface area contributed by atoms with E-state index in [2.05, 4.69) is 25.6 Å². The van der Waals surface area contributed by atoms with E-state index in [-0.39, 0.29) is 12.0 Å². The molecule has 12 heteroatoms. The van der Waals surface area contributed by atoms with Crippen LogP contribution in [0.25, 0.3) is 11.2 Å². The number of imidazole rings is 1. The molecule has 2 aromatic carbocycles. The second kappa shape index (κ2) is 9.80. The van der Waals surface area contributed by atoms with Gasteiger partial charge in [-0.3, -0.25) is 0 Å². The first-order valence-electron chi connectivity index (χ1n) is 10.9. The number of hydrogen-bond donors (Lipinski definition) is 2. The highest BCUT2D eigenvalue weighted by Crippen LogP contribution is 2.41. The Bertz CT molecular complexity index is 1350. The lowest BCUT2D eigenvalue weighted by molar-refractivity contribution is -0.137. The van der Waals surface area contributed by atoms with E-state index in [1.54, 1.807) is 18.5 Å². The number of hydrogen-bond acceptors (Lipinski definition) is 8. The minimum atomic E-state index is -4.42. The fraction of sp³-hybridized carbons (Fsp3) is 0.292. The molecule has 190 valence electrons. The number of fused-ring (bicyclic) bond motifs is 1. The average molecular weight is 502 g/mol. The third kappa shape index (κ3) is 4.92. The zero-order valence-corrected chi connectivity index (χ0v) is 20.3. The second-order valence-electron chi connectivity index (χ2n) is 8.05. The van der Waals surface area contributed by atoms with E-state index >= 15 is 0 Å². The number of halogens is 3. The van der Waals surface area contributed by atoms with Crippen molar-refractivity contribution >= 4 is 34.3 Å². The van der Waals surface area contributed by atoms with E-state index in [1.165, 1.54) is 33.5 Å². The number of alkyl halides is 3. The molecule has 4 rings (SSSR count). The zero-order chi connectivity index (χ0) is 26.0. The average Bonchev–Trinajstić information content (AvgIpc) is 3.27. The van der Waals surface area contributed by atoms with Crippen LogP contribution in [0.4, 0.5) is 36.3 Å². The SMILES string of the molecule is COc1cc(Nc2nc(Nc3ccc(C(F)(F)F)cc3)nc3c2ncn3C(C)C)cc(OC)c1OC. The summed E-state index contributed by atoms with van der Waals surface area (Å²) in [6.45, 7) is 3.97. The van der Waals surface area contributed by atoms with E-state index in [0.717, 1.165) is 12.1 Å². The van der Waals surface area contributed by atoms with Crippen molar-refractivity contribution in [3.63, 3.8) is 0 Å². The number of rotatable bonds is 8. The summed E-state index contributed by atoms with van der Waals surface area (Å²) in [6.07, 6.45) is -2.76. The quantitative estimate of drug-likeness (QED) is 0.306. The van der Waals surface area contributed by atoms with Gasteiger partial charge in [-0.05, 0) is 38.1 Å². The van der Waals surface area contributed by atoms with Crippen LogP contribution in [-0.4, -0.2) is 40.8 Å². The van der Waals surface area contributed by atoms with Gasteiger partial charge < -0.3 is 29.4 Å². The van der Waals surface area contributed by atoms with Crippen LogP contribution in [0.5, 0.6) is 17.2 Å². The van der Waals surface area contributed by atoms with E-state index in [9.17, 15) is 13.2 Å². The van der Waals surface area contributed by atoms with Crippen LogP contribution >= 0.6 is 0 Å². The first-order chi connectivity index (χ1) is 17.1. The third-order valence-electron chi connectivity index (χ3n) is 5.37. The molecule has 4 aromatic rings. The predicted octanol–water partition coefficient (Wildman–Crippen LogP) is 5.94. The van der Waals surface area contributed by atoms with Gasteiger partial charge in [0.05, 0.1) is 33.2 Å². The number of methoxy groups -OCH3 is 3. The van der Waals surface area contributed by atoms with Crippen LogP contribution in [0.2, 0.25) is 0 Å². The molecule has 2 aromatic heterocycles. The highest BCUT2D eigenvalue weighted by molar-refractivity contribution is 5.87. The molecule has 0 fully saturated rings. The summed E-state index contributed by atoms with van der Waals surface area (Å²) in [5, 5.41) is 6.20. The van der Waals surface area contributed by atoms with Gasteiger partial charge in [0.25, 0.3) is 0 Å². The van der Waals surface area contributed by atoms with E-state index in [1.807, 2.05) is 18.4 Å². The number of ether oxygens (including phenoxy) is 3. The molecular formula is C24H25F3N6O3. The summed E-state index contributed by atoms with van der Waals surface area (Å²) in [7, 11) is 4.54. The van der Waals surface area contributed by atoms with Crippen molar-refractivity contribution in [2.24, 2.45) is 0 Å². The fourth-order valence-corrected chi connectivity index (χ4v) is 3.60. The zero-order valence-electron chi connectivity index (χ0n) is 20.3. The Labute approximate surface area is 205 Å². The van der Waals surface area contributed by atoms with Gasteiger partial charge in [-0.1, -0.05) is 0 Å². The Morgan fingerprint density at radius 1 is 0.861 bits per heavy atom. The summed E-state index contributed by atoms with van der Waals surface area (Å²) in [4.78, 5) is 13.6. The molecule has 0 saturated heterocycles. The van der Waals surface area contributed by atoms with E-state index in [0.29, 0.717) is 45.6 Å². The molecule has 0 unspecified atom stereocenters. The van der Waals surface area contributed by atoms with Crippen molar-refractivity contribution in [1.29, 1.82) is 0 Å². The van der Waals surface area contributed by atoms with Gasteiger partial charge >= 0.3 is 6.18 Å². The topological polar surface area (TPSA) is 95.4 Å². The summed E-state index contributed by atoms with van der Waals surface area (Å²) < 4.78 is 56.9. The van der Waals surface area contributed by atoms with Crippen molar-refractivity contribution in [2.75, 3.05) is 32.0 Å². The first kappa shape index (κ1) is 24.9. The fourth-order valence-electron chi connectivity index (χ4n) is 3.60. The number of anilines is 4.